The van der Waals surface area contributed by atoms with Crippen LogP contribution in [0.3, 0.4) is 0 Å². The molecule has 0 spiro atoms. The zero-order chi connectivity index (χ0) is 39.5. The molecule has 5 rings (SSSR count). The average molecular weight is 812 g/mol. The van der Waals surface area contributed by atoms with Gasteiger partial charge in [0.2, 0.25) is 5.91 Å². The van der Waals surface area contributed by atoms with Crippen molar-refractivity contribution in [3.63, 3.8) is 0 Å². The van der Waals surface area contributed by atoms with Crippen molar-refractivity contribution in [3.8, 4) is 0 Å². The number of nitrogens with zero attached hydrogens (tertiary/aromatic N) is 4. The molecule has 2 aliphatic heterocycles. The van der Waals surface area contributed by atoms with Crippen molar-refractivity contribution in [1.82, 2.24) is 9.27 Å². The number of aromatic nitrogens is 1. The molecule has 0 N–H and O–H groups in total. The molecule has 2 aromatic carbocycles. The molecule has 1 atom stereocenters. The Morgan fingerprint density at radius 3 is 2.09 bits per heavy atom. The van der Waals surface area contributed by atoms with Gasteiger partial charge in [-0.1, -0.05) is 133 Å². The van der Waals surface area contributed by atoms with Gasteiger partial charge in [-0.05, 0) is 60.6 Å². The Morgan fingerprint density at radius 1 is 0.821 bits per heavy atom. The maximum absolute atomic E-state index is 13.4. The number of hydrogen-bond acceptors (Lipinski definition) is 10. The van der Waals surface area contributed by atoms with E-state index in [4.69, 9.17) is 30.2 Å². The summed E-state index contributed by atoms with van der Waals surface area (Å²) in [5.41, 5.74) is 2.10. The van der Waals surface area contributed by atoms with Crippen LogP contribution in [0.1, 0.15) is 128 Å². The molecule has 1 amide bonds. The number of benzene rings is 2. The van der Waals surface area contributed by atoms with Gasteiger partial charge in [0.05, 0.1) is 30.0 Å². The highest BCUT2D eigenvalue weighted by molar-refractivity contribution is 7.13. The van der Waals surface area contributed by atoms with Crippen molar-refractivity contribution in [3.05, 3.63) is 52.5 Å². The average Bonchev–Trinajstić information content (AvgIpc) is 3.77. The molecule has 10 nitrogen and oxygen atoms in total. The number of amides is 1. The van der Waals surface area contributed by atoms with E-state index in [-0.39, 0.29) is 25.5 Å². The predicted octanol–water partition coefficient (Wildman–Crippen LogP) is 10.5. The summed E-state index contributed by atoms with van der Waals surface area (Å²) < 4.78 is 22.0. The molecular formula is C44H63ClN4O6S. The number of rotatable bonds is 25. The molecule has 0 radical (unpaired) electrons. The standard InChI is InChI=1S/C44H63ClN4O6S/c1-3-5-6-7-8-9-10-11-12-13-14-15-16-17-18-21-30-54-44(52)55-42(43(51)53-4-2)49-38-33-37(45)34(31-35(38)32-40(49)50)24-25-47-26-28-48(29-27-47)41-36-22-19-20-23-39(36)56-46-41/h19-20,22-23,31,33,42H,3-18,21,24-30,32H2,1-2H3. The first-order valence-corrected chi connectivity index (χ1v) is 22.5. The Morgan fingerprint density at radius 2 is 1.45 bits per heavy atom. The molecule has 1 saturated heterocycles. The number of halogens is 1. The minimum atomic E-state index is -1.60. The van der Waals surface area contributed by atoms with E-state index >= 15 is 0 Å². The normalized spacial score (nSPS) is 15.0. The van der Waals surface area contributed by atoms with Gasteiger partial charge in [-0.15, -0.1) is 0 Å². The summed E-state index contributed by atoms with van der Waals surface area (Å²) in [7, 11) is 0. The molecular weight excluding hydrogens is 748 g/mol. The van der Waals surface area contributed by atoms with E-state index in [1.54, 1.807) is 24.5 Å². The molecule has 1 fully saturated rings. The fourth-order valence-corrected chi connectivity index (χ4v) is 8.82. The van der Waals surface area contributed by atoms with Crippen LogP contribution in [0.4, 0.5) is 16.3 Å². The first-order valence-electron chi connectivity index (χ1n) is 21.3. The van der Waals surface area contributed by atoms with E-state index in [1.165, 1.54) is 98.5 Å². The highest BCUT2D eigenvalue weighted by Crippen LogP contribution is 2.36. The lowest BCUT2D eigenvalue weighted by Gasteiger charge is -2.35. The second-order valence-electron chi connectivity index (χ2n) is 15.2. The summed E-state index contributed by atoms with van der Waals surface area (Å²) in [4.78, 5) is 45.1. The Hall–Kier alpha value is -3.41. The molecule has 0 bridgehead atoms. The van der Waals surface area contributed by atoms with Crippen LogP contribution in [0.25, 0.3) is 10.1 Å². The van der Waals surface area contributed by atoms with E-state index in [9.17, 15) is 14.4 Å². The lowest BCUT2D eigenvalue weighted by molar-refractivity contribution is -0.155. The van der Waals surface area contributed by atoms with Crippen molar-refractivity contribution < 1.29 is 28.6 Å². The number of unbranched alkanes of at least 4 members (excludes halogenated alkanes) is 15. The number of fused-ring (bicyclic) bond motifs is 2. The van der Waals surface area contributed by atoms with Crippen LogP contribution < -0.4 is 9.80 Å². The molecule has 0 saturated carbocycles. The number of piperazine rings is 1. The maximum atomic E-state index is 13.4. The van der Waals surface area contributed by atoms with E-state index in [0.717, 1.165) is 62.5 Å². The van der Waals surface area contributed by atoms with Gasteiger partial charge in [0.15, 0.2) is 0 Å². The monoisotopic (exact) mass is 810 g/mol. The number of hydrogen-bond donors (Lipinski definition) is 0. The molecule has 1 aromatic heterocycles. The number of carbonyl (C=O) groups is 3. The van der Waals surface area contributed by atoms with Crippen molar-refractivity contribution in [2.75, 3.05) is 55.7 Å². The van der Waals surface area contributed by atoms with Gasteiger partial charge in [0.25, 0.3) is 6.23 Å². The van der Waals surface area contributed by atoms with Crippen LogP contribution in [-0.4, -0.2) is 79.5 Å². The Labute approximate surface area is 343 Å². The van der Waals surface area contributed by atoms with Crippen molar-refractivity contribution in [2.24, 2.45) is 0 Å². The van der Waals surface area contributed by atoms with Crippen LogP contribution in [0.2, 0.25) is 5.02 Å². The predicted molar refractivity (Wildman–Crippen MR) is 227 cm³/mol. The fourth-order valence-electron chi connectivity index (χ4n) is 7.77. The largest absolute Gasteiger partial charge is 0.510 e. The van der Waals surface area contributed by atoms with Crippen molar-refractivity contribution in [1.29, 1.82) is 0 Å². The summed E-state index contributed by atoms with van der Waals surface area (Å²) in [5, 5.41) is 1.70. The van der Waals surface area contributed by atoms with Gasteiger partial charge < -0.3 is 19.1 Å². The number of carbonyl (C=O) groups excluding carboxylic acids is 3. The minimum absolute atomic E-state index is 0.0628. The fraction of sp³-hybridized carbons (Fsp3) is 0.636. The minimum Gasteiger partial charge on any atom is -0.462 e. The molecule has 3 heterocycles. The second kappa shape index (κ2) is 23.7. The third-order valence-electron chi connectivity index (χ3n) is 11.0. The highest BCUT2D eigenvalue weighted by atomic mass is 35.5. The molecule has 1 unspecified atom stereocenters. The first kappa shape index (κ1) is 43.7. The lowest BCUT2D eigenvalue weighted by Crippen LogP contribution is -2.47. The summed E-state index contributed by atoms with van der Waals surface area (Å²) in [6.07, 6.45) is 18.3. The Balaban J connectivity index is 1.01. The Bertz CT molecular complexity index is 1680. The highest BCUT2D eigenvalue weighted by Gasteiger charge is 2.41. The molecule has 308 valence electrons. The number of anilines is 2. The molecule has 2 aliphatic rings. The molecule has 0 aliphatic carbocycles. The van der Waals surface area contributed by atoms with E-state index in [0.29, 0.717) is 23.6 Å². The summed E-state index contributed by atoms with van der Waals surface area (Å²) in [5.74, 6) is -0.143. The summed E-state index contributed by atoms with van der Waals surface area (Å²) in [6, 6.07) is 12.0. The van der Waals surface area contributed by atoms with E-state index < -0.39 is 18.4 Å². The molecule has 56 heavy (non-hydrogen) atoms. The van der Waals surface area contributed by atoms with E-state index in [2.05, 4.69) is 34.9 Å². The second-order valence-corrected chi connectivity index (χ2v) is 16.4. The van der Waals surface area contributed by atoms with Crippen LogP contribution >= 0.6 is 23.1 Å². The molecule has 12 heteroatoms. The molecule has 3 aromatic rings. The first-order chi connectivity index (χ1) is 27.4. The van der Waals surface area contributed by atoms with Gasteiger partial charge in [-0.25, -0.2) is 9.59 Å². The number of ether oxygens (including phenoxy) is 3. The van der Waals surface area contributed by atoms with Crippen LogP contribution in [0.15, 0.2) is 36.4 Å². The maximum Gasteiger partial charge on any atom is 0.510 e. The SMILES string of the molecule is CCCCCCCCCCCCCCCCCCOC(=O)OC(C(=O)OCC)N1C(=O)Cc2cc(CCN3CCN(c4nsc5ccccc45)CC3)c(Cl)cc21. The summed E-state index contributed by atoms with van der Waals surface area (Å²) in [6.45, 7) is 8.61. The smallest absolute Gasteiger partial charge is 0.462 e. The van der Waals surface area contributed by atoms with Crippen molar-refractivity contribution in [2.45, 2.75) is 136 Å². The van der Waals surface area contributed by atoms with Crippen LogP contribution in [-0.2, 0) is 36.6 Å². The third-order valence-corrected chi connectivity index (χ3v) is 12.2. The van der Waals surface area contributed by atoms with Gasteiger partial charge >= 0.3 is 12.1 Å². The summed E-state index contributed by atoms with van der Waals surface area (Å²) >= 11 is 8.34. The van der Waals surface area contributed by atoms with Crippen LogP contribution in [0.5, 0.6) is 0 Å². The third kappa shape index (κ3) is 13.1. The van der Waals surface area contributed by atoms with Crippen LogP contribution in [0, 0.1) is 0 Å². The topological polar surface area (TPSA) is 102 Å². The lowest BCUT2D eigenvalue weighted by atomic mass is 10.0. The quantitative estimate of drug-likeness (QED) is 0.0611. The zero-order valence-electron chi connectivity index (χ0n) is 33.7. The zero-order valence-corrected chi connectivity index (χ0v) is 35.3. The van der Waals surface area contributed by atoms with Crippen molar-refractivity contribution >= 4 is 62.8 Å². The van der Waals surface area contributed by atoms with Gasteiger partial charge in [-0.2, -0.15) is 4.37 Å². The van der Waals surface area contributed by atoms with Gasteiger partial charge in [0.1, 0.15) is 5.82 Å². The Kier molecular flexibility index (Phi) is 18.5. The number of esters is 1. The van der Waals surface area contributed by atoms with Gasteiger partial charge in [0, 0.05) is 43.1 Å². The van der Waals surface area contributed by atoms with E-state index in [1.807, 2.05) is 12.1 Å². The van der Waals surface area contributed by atoms with Gasteiger partial charge in [-0.3, -0.25) is 14.6 Å².